The molecule has 1 fully saturated rings. The Balaban J connectivity index is 2.65. The van der Waals surface area contributed by atoms with E-state index in [1.165, 1.54) is 6.34 Å². The molecular weight excluding hydrogens is 232 g/mol. The van der Waals surface area contributed by atoms with Crippen LogP contribution in [0.1, 0.15) is 20.8 Å². The zero-order chi connectivity index (χ0) is 13.6. The summed E-state index contributed by atoms with van der Waals surface area (Å²) in [5.74, 6) is 5.18. The van der Waals surface area contributed by atoms with Crippen molar-refractivity contribution in [2.45, 2.75) is 26.8 Å². The first-order valence-electron chi connectivity index (χ1n) is 5.61. The molecule has 1 rings (SSSR count). The van der Waals surface area contributed by atoms with Crippen LogP contribution in [0, 0.1) is 17.3 Å². The molecule has 0 radical (unpaired) electrons. The van der Waals surface area contributed by atoms with Gasteiger partial charge < -0.3 is 5.32 Å². The Morgan fingerprint density at radius 3 is 2.72 bits per heavy atom. The van der Waals surface area contributed by atoms with Gasteiger partial charge in [0.1, 0.15) is 6.34 Å². The Labute approximate surface area is 106 Å². The van der Waals surface area contributed by atoms with Crippen LogP contribution < -0.4 is 10.6 Å². The van der Waals surface area contributed by atoms with E-state index in [0.29, 0.717) is 6.54 Å². The molecule has 1 aliphatic heterocycles. The minimum atomic E-state index is -0.783. The highest BCUT2D eigenvalue weighted by atomic mass is 16.2. The summed E-state index contributed by atoms with van der Waals surface area (Å²) in [6.07, 6.45) is 3.11. The topological polar surface area (TPSA) is 82.9 Å². The first-order valence-corrected chi connectivity index (χ1v) is 5.61. The lowest BCUT2D eigenvalue weighted by Gasteiger charge is -2.09. The molecule has 1 heterocycles. The molecule has 1 unspecified atom stereocenters. The van der Waals surface area contributed by atoms with Gasteiger partial charge in [0.05, 0.1) is 5.41 Å². The number of carbonyl (C=O) groups excluding carboxylic acids is 2. The lowest BCUT2D eigenvalue weighted by atomic mass is 9.96. The third kappa shape index (κ3) is 4.37. The molecule has 6 nitrogen and oxygen atoms in total. The van der Waals surface area contributed by atoms with Crippen molar-refractivity contribution >= 4 is 24.5 Å². The van der Waals surface area contributed by atoms with Gasteiger partial charge in [0.15, 0.2) is 6.04 Å². The van der Waals surface area contributed by atoms with Crippen LogP contribution in [0.4, 0.5) is 4.79 Å². The van der Waals surface area contributed by atoms with Gasteiger partial charge in [-0.25, -0.2) is 9.79 Å². The highest BCUT2D eigenvalue weighted by molar-refractivity contribution is 6.05. The summed E-state index contributed by atoms with van der Waals surface area (Å²) in [6, 6.07) is -1.30. The third-order valence-electron chi connectivity index (χ3n) is 2.04. The molecule has 0 bridgehead atoms. The van der Waals surface area contributed by atoms with Gasteiger partial charge in [-0.05, 0) is 20.8 Å². The van der Waals surface area contributed by atoms with E-state index in [9.17, 15) is 9.59 Å². The van der Waals surface area contributed by atoms with Crippen LogP contribution in [-0.2, 0) is 4.79 Å². The van der Waals surface area contributed by atoms with E-state index in [2.05, 4.69) is 32.5 Å². The second-order valence-electron chi connectivity index (χ2n) is 4.28. The lowest BCUT2D eigenvalue weighted by Crippen LogP contribution is -2.27. The Hall–Kier alpha value is -2.16. The average Bonchev–Trinajstić information content (AvgIpc) is 2.61. The van der Waals surface area contributed by atoms with E-state index >= 15 is 0 Å². The van der Waals surface area contributed by atoms with Crippen LogP contribution in [0.25, 0.3) is 0 Å². The van der Waals surface area contributed by atoms with Gasteiger partial charge in [-0.1, -0.05) is 11.8 Å². The number of hydrogen-bond donors (Lipinski definition) is 2. The van der Waals surface area contributed by atoms with Crippen molar-refractivity contribution in [1.82, 2.24) is 10.6 Å². The lowest BCUT2D eigenvalue weighted by molar-refractivity contribution is -0.119. The van der Waals surface area contributed by atoms with E-state index < -0.39 is 23.4 Å². The molecule has 0 saturated carbocycles. The predicted octanol–water partition coefficient (Wildman–Crippen LogP) is 0.343. The zero-order valence-corrected chi connectivity index (χ0v) is 10.7. The molecule has 3 amide bonds. The fraction of sp³-hybridized carbons (Fsp3) is 0.500. The number of nitrogens with zero attached hydrogens (tertiary/aromatic N) is 2. The summed E-state index contributed by atoms with van der Waals surface area (Å²) in [5, 5.41) is 4.53. The number of aliphatic imine (C=N–C) groups is 2. The van der Waals surface area contributed by atoms with Crippen LogP contribution >= 0.6 is 0 Å². The maximum absolute atomic E-state index is 11.2. The van der Waals surface area contributed by atoms with Gasteiger partial charge in [-0.2, -0.15) is 0 Å². The highest BCUT2D eigenvalue weighted by Gasteiger charge is 2.27. The van der Waals surface area contributed by atoms with E-state index in [-0.39, 0.29) is 0 Å². The number of hydrogen-bond acceptors (Lipinski definition) is 3. The standard InChI is InChI=1S/C12H16N4O2/c1-4-13-8-14-7-12(2,3)6-5-9-10(17)16-11(18)15-9/h7-9H,4H2,1-3H3,(H2,15,16,17,18). The molecular formula is C12H16N4O2. The van der Waals surface area contributed by atoms with Crippen molar-refractivity contribution in [1.29, 1.82) is 0 Å². The number of nitrogens with one attached hydrogen (secondary N) is 2. The first-order chi connectivity index (χ1) is 8.44. The number of carbonyl (C=O) groups is 2. The summed E-state index contributed by atoms with van der Waals surface area (Å²) >= 11 is 0. The van der Waals surface area contributed by atoms with Crippen LogP contribution in [-0.4, -0.2) is 37.1 Å². The second-order valence-corrected chi connectivity index (χ2v) is 4.28. The van der Waals surface area contributed by atoms with Crippen molar-refractivity contribution in [3.05, 3.63) is 0 Å². The van der Waals surface area contributed by atoms with E-state index in [4.69, 9.17) is 0 Å². The Morgan fingerprint density at radius 2 is 2.17 bits per heavy atom. The van der Waals surface area contributed by atoms with Gasteiger partial charge in [-0.15, -0.1) is 0 Å². The molecule has 2 N–H and O–H groups in total. The van der Waals surface area contributed by atoms with Gasteiger partial charge in [0.2, 0.25) is 0 Å². The normalized spacial score (nSPS) is 19.8. The van der Waals surface area contributed by atoms with Crippen molar-refractivity contribution in [3.63, 3.8) is 0 Å². The molecule has 0 aromatic rings. The van der Waals surface area contributed by atoms with Gasteiger partial charge >= 0.3 is 6.03 Å². The van der Waals surface area contributed by atoms with Gasteiger partial charge in [-0.3, -0.25) is 15.1 Å². The quantitative estimate of drug-likeness (QED) is 0.327. The smallest absolute Gasteiger partial charge is 0.316 e. The van der Waals surface area contributed by atoms with Crippen molar-refractivity contribution < 1.29 is 9.59 Å². The monoisotopic (exact) mass is 248 g/mol. The summed E-state index contributed by atoms with van der Waals surface area (Å²) in [7, 11) is 0. The van der Waals surface area contributed by atoms with Crippen LogP contribution in [0.2, 0.25) is 0 Å². The van der Waals surface area contributed by atoms with E-state index in [1.807, 2.05) is 20.8 Å². The number of rotatable bonds is 3. The summed E-state index contributed by atoms with van der Waals surface area (Å²) in [4.78, 5) is 30.1. The predicted molar refractivity (Wildman–Crippen MR) is 69.5 cm³/mol. The Morgan fingerprint density at radius 1 is 1.44 bits per heavy atom. The molecule has 96 valence electrons. The molecule has 6 heteroatoms. The van der Waals surface area contributed by atoms with Crippen LogP contribution in [0.15, 0.2) is 9.98 Å². The molecule has 0 spiro atoms. The molecule has 0 aromatic heterocycles. The van der Waals surface area contributed by atoms with E-state index in [0.717, 1.165) is 0 Å². The van der Waals surface area contributed by atoms with Gasteiger partial charge in [0.25, 0.3) is 5.91 Å². The minimum Gasteiger partial charge on any atom is -0.316 e. The molecule has 0 aliphatic carbocycles. The van der Waals surface area contributed by atoms with E-state index in [1.54, 1.807) is 6.21 Å². The number of amides is 3. The molecule has 1 atom stereocenters. The summed E-state index contributed by atoms with van der Waals surface area (Å²) in [6.45, 7) is 6.31. The van der Waals surface area contributed by atoms with Crippen molar-refractivity contribution in [3.8, 4) is 11.8 Å². The largest absolute Gasteiger partial charge is 0.322 e. The fourth-order valence-corrected chi connectivity index (χ4v) is 1.16. The molecule has 18 heavy (non-hydrogen) atoms. The Kier molecular flexibility index (Phi) is 4.60. The molecule has 1 saturated heterocycles. The summed E-state index contributed by atoms with van der Waals surface area (Å²) < 4.78 is 0. The summed E-state index contributed by atoms with van der Waals surface area (Å²) in [5.41, 5.74) is -0.493. The Bertz CT molecular complexity index is 454. The second kappa shape index (κ2) is 5.96. The van der Waals surface area contributed by atoms with Crippen LogP contribution in [0.5, 0.6) is 0 Å². The van der Waals surface area contributed by atoms with Gasteiger partial charge in [0, 0.05) is 12.8 Å². The van der Waals surface area contributed by atoms with Crippen molar-refractivity contribution in [2.75, 3.05) is 6.54 Å². The molecule has 1 aliphatic rings. The fourth-order valence-electron chi connectivity index (χ4n) is 1.16. The first kappa shape index (κ1) is 13.9. The maximum Gasteiger partial charge on any atom is 0.322 e. The highest BCUT2D eigenvalue weighted by Crippen LogP contribution is 2.09. The third-order valence-corrected chi connectivity index (χ3v) is 2.04. The number of urea groups is 1. The average molecular weight is 248 g/mol. The van der Waals surface area contributed by atoms with Crippen LogP contribution in [0.3, 0.4) is 0 Å². The zero-order valence-electron chi connectivity index (χ0n) is 10.7. The molecule has 0 aromatic carbocycles. The minimum absolute atomic E-state index is 0.423. The SMILES string of the molecule is CCN=CN=CC(C)(C)C#CC1NC(=O)NC1=O. The van der Waals surface area contributed by atoms with Crippen molar-refractivity contribution in [2.24, 2.45) is 15.4 Å². The number of imide groups is 1. The maximum atomic E-state index is 11.2.